The van der Waals surface area contributed by atoms with Crippen LogP contribution in [-0.2, 0) is 11.8 Å². The first-order valence-electron chi connectivity index (χ1n) is 5.54. The molecule has 6 nitrogen and oxygen atoms in total. The Bertz CT molecular complexity index is 499. The second-order valence-corrected chi connectivity index (χ2v) is 5.26. The molecule has 0 bridgehead atoms. The minimum absolute atomic E-state index is 0.233. The number of aromatic nitrogens is 2. The third kappa shape index (κ3) is 3.56. The standard InChI is InChI=1S/C11H16BrN3O3/c1-6(2)4-7(11(17)18)14-8-5-13-15(3)10(16)9(8)12/h5-7,14H,4H2,1-3H3,(H,17,18). The molecular formula is C11H16BrN3O3. The molecule has 0 radical (unpaired) electrons. The first-order valence-corrected chi connectivity index (χ1v) is 6.33. The molecule has 1 unspecified atom stereocenters. The molecule has 7 heteroatoms. The Morgan fingerprint density at radius 2 is 2.22 bits per heavy atom. The quantitative estimate of drug-likeness (QED) is 0.858. The Kier molecular flexibility index (Phi) is 4.89. The van der Waals surface area contributed by atoms with Crippen LogP contribution >= 0.6 is 15.9 Å². The molecule has 0 fully saturated rings. The predicted molar refractivity (Wildman–Crippen MR) is 71.7 cm³/mol. The SMILES string of the molecule is CC(C)CC(Nc1cnn(C)c(=O)c1Br)C(=O)O. The zero-order chi connectivity index (χ0) is 13.9. The van der Waals surface area contributed by atoms with Gasteiger partial charge in [0.05, 0.1) is 11.9 Å². The van der Waals surface area contributed by atoms with Crippen LogP contribution in [0.5, 0.6) is 0 Å². The summed E-state index contributed by atoms with van der Waals surface area (Å²) in [6.45, 7) is 3.88. The molecule has 0 amide bonds. The van der Waals surface area contributed by atoms with Gasteiger partial charge >= 0.3 is 5.97 Å². The molecule has 2 N–H and O–H groups in total. The van der Waals surface area contributed by atoms with Crippen molar-refractivity contribution < 1.29 is 9.90 Å². The van der Waals surface area contributed by atoms with E-state index in [2.05, 4.69) is 26.3 Å². The van der Waals surface area contributed by atoms with Gasteiger partial charge in [-0.25, -0.2) is 9.48 Å². The second kappa shape index (κ2) is 5.99. The lowest BCUT2D eigenvalue weighted by molar-refractivity contribution is -0.138. The zero-order valence-electron chi connectivity index (χ0n) is 10.5. The van der Waals surface area contributed by atoms with Gasteiger partial charge in [-0.2, -0.15) is 5.10 Å². The van der Waals surface area contributed by atoms with E-state index in [1.54, 1.807) is 0 Å². The summed E-state index contributed by atoms with van der Waals surface area (Å²) in [5, 5.41) is 15.8. The lowest BCUT2D eigenvalue weighted by Crippen LogP contribution is -2.32. The van der Waals surface area contributed by atoms with Crippen molar-refractivity contribution in [3.63, 3.8) is 0 Å². The molecule has 0 aliphatic heterocycles. The van der Waals surface area contributed by atoms with E-state index in [4.69, 9.17) is 5.11 Å². The Labute approximate surface area is 113 Å². The van der Waals surface area contributed by atoms with E-state index in [0.717, 1.165) is 0 Å². The van der Waals surface area contributed by atoms with Gasteiger partial charge in [-0.1, -0.05) is 13.8 Å². The molecule has 1 aromatic heterocycles. The molecule has 18 heavy (non-hydrogen) atoms. The van der Waals surface area contributed by atoms with Crippen molar-refractivity contribution in [3.05, 3.63) is 21.0 Å². The number of aliphatic carboxylic acids is 1. The molecule has 1 aromatic rings. The lowest BCUT2D eigenvalue weighted by atomic mass is 10.0. The Morgan fingerprint density at radius 3 is 2.72 bits per heavy atom. The van der Waals surface area contributed by atoms with Crippen LogP contribution < -0.4 is 10.9 Å². The normalized spacial score (nSPS) is 12.5. The number of nitrogens with zero attached hydrogens (tertiary/aromatic N) is 2. The van der Waals surface area contributed by atoms with Crippen LogP contribution in [0, 0.1) is 5.92 Å². The van der Waals surface area contributed by atoms with Crippen molar-refractivity contribution >= 4 is 27.6 Å². The minimum atomic E-state index is -0.948. The van der Waals surface area contributed by atoms with Crippen molar-refractivity contribution in [1.29, 1.82) is 0 Å². The van der Waals surface area contributed by atoms with E-state index in [-0.39, 0.29) is 15.9 Å². The molecular weight excluding hydrogens is 302 g/mol. The molecule has 1 rings (SSSR count). The van der Waals surface area contributed by atoms with Crippen LogP contribution in [0.2, 0.25) is 0 Å². The van der Waals surface area contributed by atoms with Gasteiger partial charge in [-0.3, -0.25) is 4.79 Å². The van der Waals surface area contributed by atoms with Crippen LogP contribution in [0.15, 0.2) is 15.5 Å². The van der Waals surface area contributed by atoms with Gasteiger partial charge in [0, 0.05) is 7.05 Å². The summed E-state index contributed by atoms with van der Waals surface area (Å²) in [6, 6.07) is -0.741. The summed E-state index contributed by atoms with van der Waals surface area (Å²) in [7, 11) is 1.53. The number of aryl methyl sites for hydroxylation is 1. The van der Waals surface area contributed by atoms with Gasteiger partial charge in [0.1, 0.15) is 10.5 Å². The predicted octanol–water partition coefficient (Wildman–Crippen LogP) is 1.45. The second-order valence-electron chi connectivity index (χ2n) is 4.47. The molecule has 0 aliphatic rings. The number of carboxylic acids is 1. The zero-order valence-corrected chi connectivity index (χ0v) is 12.1. The van der Waals surface area contributed by atoms with Gasteiger partial charge in [0.15, 0.2) is 0 Å². The van der Waals surface area contributed by atoms with Crippen molar-refractivity contribution in [2.24, 2.45) is 13.0 Å². The van der Waals surface area contributed by atoms with Crippen molar-refractivity contribution in [2.45, 2.75) is 26.3 Å². The molecule has 0 saturated heterocycles. The van der Waals surface area contributed by atoms with Gasteiger partial charge in [0.25, 0.3) is 5.56 Å². The summed E-state index contributed by atoms with van der Waals surface area (Å²) in [4.78, 5) is 22.8. The fourth-order valence-electron chi connectivity index (χ4n) is 1.49. The molecule has 100 valence electrons. The molecule has 0 aromatic carbocycles. The highest BCUT2D eigenvalue weighted by Crippen LogP contribution is 2.19. The highest BCUT2D eigenvalue weighted by molar-refractivity contribution is 9.10. The summed E-state index contributed by atoms with van der Waals surface area (Å²) in [6.07, 6.45) is 1.90. The molecule has 0 spiro atoms. The first-order chi connectivity index (χ1) is 8.32. The number of carboxylic acid groups (broad SMARTS) is 1. The number of rotatable bonds is 5. The minimum Gasteiger partial charge on any atom is -0.480 e. The van der Waals surface area contributed by atoms with E-state index in [9.17, 15) is 9.59 Å². The van der Waals surface area contributed by atoms with Crippen molar-refractivity contribution in [3.8, 4) is 0 Å². The topological polar surface area (TPSA) is 84.2 Å². The largest absolute Gasteiger partial charge is 0.480 e. The highest BCUT2D eigenvalue weighted by atomic mass is 79.9. The average molecular weight is 318 g/mol. The van der Waals surface area contributed by atoms with Gasteiger partial charge in [-0.05, 0) is 28.3 Å². The van der Waals surface area contributed by atoms with E-state index >= 15 is 0 Å². The number of halogens is 1. The third-order valence-corrected chi connectivity index (χ3v) is 3.18. The van der Waals surface area contributed by atoms with Crippen LogP contribution in [-0.4, -0.2) is 26.9 Å². The van der Waals surface area contributed by atoms with E-state index in [0.29, 0.717) is 12.1 Å². The Balaban J connectivity index is 2.98. The average Bonchev–Trinajstić information content (AvgIpc) is 2.28. The Hall–Kier alpha value is -1.37. The summed E-state index contributed by atoms with van der Waals surface area (Å²) < 4.78 is 1.46. The highest BCUT2D eigenvalue weighted by Gasteiger charge is 2.20. The van der Waals surface area contributed by atoms with E-state index in [1.807, 2.05) is 13.8 Å². The van der Waals surface area contributed by atoms with Crippen molar-refractivity contribution in [2.75, 3.05) is 5.32 Å². The molecule has 0 saturated carbocycles. The smallest absolute Gasteiger partial charge is 0.326 e. The van der Waals surface area contributed by atoms with Crippen LogP contribution in [0.1, 0.15) is 20.3 Å². The monoisotopic (exact) mass is 317 g/mol. The number of hydrogen-bond acceptors (Lipinski definition) is 4. The van der Waals surface area contributed by atoms with Crippen molar-refractivity contribution in [1.82, 2.24) is 9.78 Å². The summed E-state index contributed by atoms with van der Waals surface area (Å²) >= 11 is 3.15. The number of hydrogen-bond donors (Lipinski definition) is 2. The summed E-state index contributed by atoms with van der Waals surface area (Å²) in [5.74, 6) is -0.715. The fraction of sp³-hybridized carbons (Fsp3) is 0.545. The van der Waals surface area contributed by atoms with Gasteiger partial charge in [0.2, 0.25) is 0 Å². The molecule has 1 heterocycles. The molecule has 0 aliphatic carbocycles. The van der Waals surface area contributed by atoms with Crippen LogP contribution in [0.4, 0.5) is 5.69 Å². The van der Waals surface area contributed by atoms with Crippen LogP contribution in [0.25, 0.3) is 0 Å². The maximum Gasteiger partial charge on any atom is 0.326 e. The fourth-order valence-corrected chi connectivity index (χ4v) is 1.97. The first kappa shape index (κ1) is 14.7. The van der Waals surface area contributed by atoms with E-state index in [1.165, 1.54) is 17.9 Å². The van der Waals surface area contributed by atoms with Gasteiger partial charge < -0.3 is 10.4 Å². The lowest BCUT2D eigenvalue weighted by Gasteiger charge is -2.18. The van der Waals surface area contributed by atoms with E-state index < -0.39 is 12.0 Å². The third-order valence-electron chi connectivity index (χ3n) is 2.41. The number of carbonyl (C=O) groups is 1. The van der Waals surface area contributed by atoms with Gasteiger partial charge in [-0.15, -0.1) is 0 Å². The maximum atomic E-state index is 11.6. The molecule has 1 atom stereocenters. The number of anilines is 1. The maximum absolute atomic E-state index is 11.6. The summed E-state index contributed by atoms with van der Waals surface area (Å²) in [5.41, 5.74) is 0.0832. The van der Waals surface area contributed by atoms with Crippen LogP contribution in [0.3, 0.4) is 0 Å². The Morgan fingerprint density at radius 1 is 1.61 bits per heavy atom. The number of nitrogens with one attached hydrogen (secondary N) is 1.